The molecule has 1 heterocycles. The van der Waals surface area contributed by atoms with E-state index in [2.05, 4.69) is 10.1 Å². The highest BCUT2D eigenvalue weighted by Gasteiger charge is 2.10. The monoisotopic (exact) mass is 232 g/mol. The second kappa shape index (κ2) is 4.61. The lowest BCUT2D eigenvalue weighted by Gasteiger charge is -2.02. The lowest BCUT2D eigenvalue weighted by Crippen LogP contribution is -2.16. The Kier molecular flexibility index (Phi) is 3.67. The first-order valence-corrected chi connectivity index (χ1v) is 6.70. The number of hydrogen-bond acceptors (Lipinski definition) is 5. The zero-order valence-electron chi connectivity index (χ0n) is 8.97. The molecule has 1 rings (SSSR count). The number of nitrogens with two attached hydrogens (primary N) is 1. The third-order valence-corrected chi connectivity index (χ3v) is 3.80. The van der Waals surface area contributed by atoms with Gasteiger partial charge in [-0.15, -0.1) is 0 Å². The van der Waals surface area contributed by atoms with Crippen LogP contribution in [0.5, 0.6) is 0 Å². The summed E-state index contributed by atoms with van der Waals surface area (Å²) in [5.74, 6) is 1.11. The standard InChI is InChI=1S/C8H16N4O2S/c1-3-7-10-8(9)12(11-7)5-6-15(13,14)4-2/h3-6H2,1-2H3,(H2,9,10,11). The molecule has 1 aromatic rings. The van der Waals surface area contributed by atoms with Crippen LogP contribution in [0.3, 0.4) is 0 Å². The number of anilines is 1. The van der Waals surface area contributed by atoms with Gasteiger partial charge in [0.25, 0.3) is 0 Å². The molecular formula is C8H16N4O2S. The third kappa shape index (κ3) is 3.19. The number of aryl methyl sites for hydroxylation is 2. The van der Waals surface area contributed by atoms with Crippen LogP contribution in [0.25, 0.3) is 0 Å². The Morgan fingerprint density at radius 1 is 1.40 bits per heavy atom. The maximum atomic E-state index is 11.3. The summed E-state index contributed by atoms with van der Waals surface area (Å²) in [4.78, 5) is 3.99. The molecule has 0 saturated heterocycles. The van der Waals surface area contributed by atoms with Crippen molar-refractivity contribution < 1.29 is 8.42 Å². The van der Waals surface area contributed by atoms with Gasteiger partial charge in [-0.25, -0.2) is 13.1 Å². The largest absolute Gasteiger partial charge is 0.368 e. The van der Waals surface area contributed by atoms with Gasteiger partial charge < -0.3 is 5.73 Å². The lowest BCUT2D eigenvalue weighted by molar-refractivity contribution is 0.582. The van der Waals surface area contributed by atoms with Crippen molar-refractivity contribution in [3.05, 3.63) is 5.82 Å². The predicted molar refractivity (Wildman–Crippen MR) is 58.1 cm³/mol. The summed E-state index contributed by atoms with van der Waals surface area (Å²) in [6.45, 7) is 3.81. The molecule has 0 radical (unpaired) electrons. The highest BCUT2D eigenvalue weighted by atomic mass is 32.2. The first kappa shape index (κ1) is 12.0. The first-order chi connectivity index (χ1) is 6.98. The van der Waals surface area contributed by atoms with E-state index in [1.165, 1.54) is 4.68 Å². The Balaban J connectivity index is 2.69. The van der Waals surface area contributed by atoms with Crippen molar-refractivity contribution >= 4 is 15.8 Å². The summed E-state index contributed by atoms with van der Waals surface area (Å²) in [6.07, 6.45) is 0.692. The SMILES string of the molecule is CCc1nc(N)n(CCS(=O)(=O)CC)n1. The number of aromatic nitrogens is 3. The van der Waals surface area contributed by atoms with Crippen molar-refractivity contribution in [3.63, 3.8) is 0 Å². The van der Waals surface area contributed by atoms with Gasteiger partial charge in [-0.1, -0.05) is 13.8 Å². The van der Waals surface area contributed by atoms with Gasteiger partial charge in [0.2, 0.25) is 5.95 Å². The molecule has 0 unspecified atom stereocenters. The first-order valence-electron chi connectivity index (χ1n) is 4.88. The molecule has 0 aliphatic carbocycles. The Hall–Kier alpha value is -1.11. The normalized spacial score (nSPS) is 11.9. The minimum Gasteiger partial charge on any atom is -0.368 e. The number of sulfone groups is 1. The van der Waals surface area contributed by atoms with Crippen molar-refractivity contribution in [2.45, 2.75) is 26.8 Å². The molecule has 15 heavy (non-hydrogen) atoms. The molecule has 2 N–H and O–H groups in total. The van der Waals surface area contributed by atoms with Gasteiger partial charge in [0, 0.05) is 12.2 Å². The summed E-state index contributed by atoms with van der Waals surface area (Å²) in [6, 6.07) is 0. The van der Waals surface area contributed by atoms with E-state index in [-0.39, 0.29) is 24.0 Å². The van der Waals surface area contributed by atoms with Crippen LogP contribution in [0.15, 0.2) is 0 Å². The molecule has 0 aliphatic rings. The molecule has 0 saturated carbocycles. The summed E-state index contributed by atoms with van der Waals surface area (Å²) in [7, 11) is -2.98. The summed E-state index contributed by atoms with van der Waals surface area (Å²) < 4.78 is 24.0. The molecule has 0 spiro atoms. The van der Waals surface area contributed by atoms with E-state index in [1.807, 2.05) is 6.92 Å². The number of hydrogen-bond donors (Lipinski definition) is 1. The molecule has 0 atom stereocenters. The van der Waals surface area contributed by atoms with Crippen LogP contribution in [0.4, 0.5) is 5.95 Å². The molecule has 0 amide bonds. The van der Waals surface area contributed by atoms with Crippen LogP contribution in [-0.4, -0.2) is 34.7 Å². The van der Waals surface area contributed by atoms with Crippen molar-refractivity contribution in [2.75, 3.05) is 17.2 Å². The van der Waals surface area contributed by atoms with Crippen molar-refractivity contribution in [1.82, 2.24) is 14.8 Å². The Morgan fingerprint density at radius 2 is 2.07 bits per heavy atom. The molecular weight excluding hydrogens is 216 g/mol. The topological polar surface area (TPSA) is 90.9 Å². The van der Waals surface area contributed by atoms with E-state index in [9.17, 15) is 8.42 Å². The molecule has 1 aromatic heterocycles. The van der Waals surface area contributed by atoms with Gasteiger partial charge in [-0.05, 0) is 0 Å². The Bertz CT molecular complexity index is 424. The number of rotatable bonds is 5. The van der Waals surface area contributed by atoms with Crippen LogP contribution in [0, 0.1) is 0 Å². The highest BCUT2D eigenvalue weighted by Crippen LogP contribution is 2.02. The van der Waals surface area contributed by atoms with Gasteiger partial charge in [0.1, 0.15) is 0 Å². The lowest BCUT2D eigenvalue weighted by atomic mass is 10.5. The zero-order valence-corrected chi connectivity index (χ0v) is 9.79. The summed E-state index contributed by atoms with van der Waals surface area (Å²) >= 11 is 0. The van der Waals surface area contributed by atoms with E-state index in [0.29, 0.717) is 12.2 Å². The molecule has 0 aliphatic heterocycles. The smallest absolute Gasteiger partial charge is 0.218 e. The number of nitrogen functional groups attached to an aromatic ring is 1. The highest BCUT2D eigenvalue weighted by molar-refractivity contribution is 7.91. The minimum absolute atomic E-state index is 0.0558. The van der Waals surface area contributed by atoms with Crippen LogP contribution in [0.2, 0.25) is 0 Å². The predicted octanol–water partition coefficient (Wildman–Crippen LogP) is -0.143. The fraction of sp³-hybridized carbons (Fsp3) is 0.750. The average molecular weight is 232 g/mol. The maximum Gasteiger partial charge on any atom is 0.218 e. The second-order valence-corrected chi connectivity index (χ2v) is 5.67. The van der Waals surface area contributed by atoms with Crippen molar-refractivity contribution in [3.8, 4) is 0 Å². The molecule has 7 heteroatoms. The molecule has 0 fully saturated rings. The quantitative estimate of drug-likeness (QED) is 0.762. The van der Waals surface area contributed by atoms with Gasteiger partial charge in [-0.3, -0.25) is 0 Å². The fourth-order valence-corrected chi connectivity index (χ4v) is 1.83. The molecule has 0 aromatic carbocycles. The summed E-state index contributed by atoms with van der Waals surface area (Å²) in [5, 5.41) is 4.08. The van der Waals surface area contributed by atoms with Crippen LogP contribution in [-0.2, 0) is 22.8 Å². The maximum absolute atomic E-state index is 11.3. The van der Waals surface area contributed by atoms with Gasteiger partial charge in [-0.2, -0.15) is 10.1 Å². The van der Waals surface area contributed by atoms with Crippen molar-refractivity contribution in [2.24, 2.45) is 0 Å². The van der Waals surface area contributed by atoms with E-state index in [1.54, 1.807) is 6.92 Å². The fourth-order valence-electron chi connectivity index (χ4n) is 1.09. The van der Waals surface area contributed by atoms with Crippen LogP contribution in [0.1, 0.15) is 19.7 Å². The molecule has 0 bridgehead atoms. The van der Waals surface area contributed by atoms with Gasteiger partial charge >= 0.3 is 0 Å². The van der Waals surface area contributed by atoms with Crippen LogP contribution >= 0.6 is 0 Å². The Morgan fingerprint density at radius 3 is 2.53 bits per heavy atom. The van der Waals surface area contributed by atoms with Gasteiger partial charge in [0.15, 0.2) is 15.7 Å². The van der Waals surface area contributed by atoms with E-state index >= 15 is 0 Å². The molecule has 86 valence electrons. The summed E-state index contributed by atoms with van der Waals surface area (Å²) in [5.41, 5.74) is 5.58. The Labute approximate surface area is 89.4 Å². The average Bonchev–Trinajstić information content (AvgIpc) is 2.57. The van der Waals surface area contributed by atoms with Gasteiger partial charge in [0.05, 0.1) is 12.3 Å². The third-order valence-electron chi connectivity index (χ3n) is 2.11. The molecule has 6 nitrogen and oxygen atoms in total. The van der Waals surface area contributed by atoms with E-state index < -0.39 is 9.84 Å². The van der Waals surface area contributed by atoms with E-state index in [0.717, 1.165) is 0 Å². The number of nitrogens with zero attached hydrogens (tertiary/aromatic N) is 3. The van der Waals surface area contributed by atoms with Crippen molar-refractivity contribution in [1.29, 1.82) is 0 Å². The van der Waals surface area contributed by atoms with Crippen LogP contribution < -0.4 is 5.73 Å². The minimum atomic E-state index is -2.98. The van der Waals surface area contributed by atoms with E-state index in [4.69, 9.17) is 5.73 Å². The second-order valence-electron chi connectivity index (χ2n) is 3.20. The zero-order chi connectivity index (χ0) is 11.5.